The van der Waals surface area contributed by atoms with E-state index in [1.54, 1.807) is 0 Å². The Labute approximate surface area is 110 Å². The van der Waals surface area contributed by atoms with Gasteiger partial charge in [0.05, 0.1) is 12.7 Å². The van der Waals surface area contributed by atoms with E-state index in [0.29, 0.717) is 12.7 Å². The number of hydrogen-bond donors (Lipinski definition) is 1. The molecule has 1 N–H and O–H groups in total. The highest BCUT2D eigenvalue weighted by Crippen LogP contribution is 2.18. The zero-order valence-corrected chi connectivity index (χ0v) is 11.1. The third-order valence-electron chi connectivity index (χ3n) is 3.20. The summed E-state index contributed by atoms with van der Waals surface area (Å²) < 4.78 is 5.84. The Hall–Kier alpha value is -1.12. The van der Waals surface area contributed by atoms with Crippen molar-refractivity contribution in [2.45, 2.75) is 38.3 Å². The van der Waals surface area contributed by atoms with Gasteiger partial charge in [-0.15, -0.1) is 0 Å². The van der Waals surface area contributed by atoms with Gasteiger partial charge in [-0.05, 0) is 24.8 Å². The van der Waals surface area contributed by atoms with E-state index >= 15 is 0 Å². The predicted molar refractivity (Wildman–Crippen MR) is 76.5 cm³/mol. The van der Waals surface area contributed by atoms with E-state index in [1.165, 1.54) is 18.4 Å². The largest absolute Gasteiger partial charge is 0.373 e. The summed E-state index contributed by atoms with van der Waals surface area (Å²) in [6.45, 7) is 3.86. The molecule has 1 aliphatic carbocycles. The number of nitrogens with one attached hydrogen (secondary N) is 1. The van der Waals surface area contributed by atoms with Crippen LogP contribution >= 0.6 is 0 Å². The van der Waals surface area contributed by atoms with Crippen LogP contribution in [0.15, 0.2) is 36.4 Å². The molecule has 1 saturated carbocycles. The molecule has 1 fully saturated rings. The highest BCUT2D eigenvalue weighted by atomic mass is 16.5. The first-order chi connectivity index (χ1) is 8.88. The monoisotopic (exact) mass is 245 g/mol. The fraction of sp³-hybridized carbons (Fsp3) is 0.500. The molecule has 2 heteroatoms. The quantitative estimate of drug-likeness (QED) is 0.759. The molecule has 1 atom stereocenters. The molecule has 1 unspecified atom stereocenters. The van der Waals surface area contributed by atoms with E-state index in [2.05, 4.69) is 48.7 Å². The van der Waals surface area contributed by atoms with Crippen LogP contribution in [0, 0.1) is 0 Å². The molecule has 0 radical (unpaired) electrons. The molecule has 0 aliphatic heterocycles. The van der Waals surface area contributed by atoms with Crippen molar-refractivity contribution in [1.29, 1.82) is 0 Å². The van der Waals surface area contributed by atoms with Gasteiger partial charge in [-0.1, -0.05) is 49.4 Å². The molecular weight excluding hydrogens is 222 g/mol. The van der Waals surface area contributed by atoms with Crippen molar-refractivity contribution >= 4 is 6.08 Å². The second kappa shape index (κ2) is 7.34. The first kappa shape index (κ1) is 13.3. The lowest BCUT2D eigenvalue weighted by atomic mass is 10.2. The van der Waals surface area contributed by atoms with Crippen LogP contribution in [0.3, 0.4) is 0 Å². The molecule has 0 bridgehead atoms. The third-order valence-corrected chi connectivity index (χ3v) is 3.20. The lowest BCUT2D eigenvalue weighted by Gasteiger charge is -2.15. The predicted octanol–water partition coefficient (Wildman–Crippen LogP) is 3.25. The Morgan fingerprint density at radius 3 is 2.78 bits per heavy atom. The summed E-state index contributed by atoms with van der Waals surface area (Å²) in [5, 5.41) is 3.52. The number of ether oxygens (including phenoxy) is 1. The van der Waals surface area contributed by atoms with Gasteiger partial charge in [-0.25, -0.2) is 0 Å². The van der Waals surface area contributed by atoms with E-state index in [0.717, 1.165) is 19.0 Å². The number of benzene rings is 1. The van der Waals surface area contributed by atoms with Gasteiger partial charge in [0.1, 0.15) is 0 Å². The molecule has 1 aromatic rings. The summed E-state index contributed by atoms with van der Waals surface area (Å²) in [4.78, 5) is 0. The maximum atomic E-state index is 5.84. The van der Waals surface area contributed by atoms with Crippen LogP contribution in [0.4, 0.5) is 0 Å². The van der Waals surface area contributed by atoms with Crippen LogP contribution in [-0.4, -0.2) is 25.3 Å². The normalized spacial score (nSPS) is 17.2. The van der Waals surface area contributed by atoms with E-state index in [1.807, 2.05) is 6.07 Å². The molecule has 0 heterocycles. The summed E-state index contributed by atoms with van der Waals surface area (Å²) in [6.07, 6.45) is 8.29. The van der Waals surface area contributed by atoms with Gasteiger partial charge < -0.3 is 10.1 Å². The Kier molecular flexibility index (Phi) is 5.43. The van der Waals surface area contributed by atoms with Gasteiger partial charge in [0, 0.05) is 12.6 Å². The maximum Gasteiger partial charge on any atom is 0.0701 e. The molecule has 98 valence electrons. The second-order valence-electron chi connectivity index (χ2n) is 4.86. The molecule has 0 amide bonds. The van der Waals surface area contributed by atoms with Gasteiger partial charge >= 0.3 is 0 Å². The van der Waals surface area contributed by atoms with Crippen LogP contribution in [-0.2, 0) is 4.74 Å². The summed E-state index contributed by atoms with van der Waals surface area (Å²) in [5.74, 6) is 0. The molecule has 0 spiro atoms. The fourth-order valence-corrected chi connectivity index (χ4v) is 1.85. The smallest absolute Gasteiger partial charge is 0.0701 e. The molecule has 1 aromatic carbocycles. The molecule has 2 nitrogen and oxygen atoms in total. The van der Waals surface area contributed by atoms with Crippen molar-refractivity contribution in [1.82, 2.24) is 5.32 Å². The van der Waals surface area contributed by atoms with E-state index in [-0.39, 0.29) is 0 Å². The van der Waals surface area contributed by atoms with Crippen LogP contribution in [0.25, 0.3) is 6.08 Å². The fourth-order valence-electron chi connectivity index (χ4n) is 1.85. The topological polar surface area (TPSA) is 21.3 Å². The molecular formula is C16H23NO. The highest BCUT2D eigenvalue weighted by Gasteiger charge is 2.21. The van der Waals surface area contributed by atoms with Gasteiger partial charge in [-0.2, -0.15) is 0 Å². The van der Waals surface area contributed by atoms with Crippen molar-refractivity contribution < 1.29 is 4.74 Å². The SMILES string of the molecule is CCC(CNC1CC1)OCC=Cc1ccccc1. The Bertz CT molecular complexity index is 357. The average molecular weight is 245 g/mol. The van der Waals surface area contributed by atoms with Gasteiger partial charge in [0.2, 0.25) is 0 Å². The second-order valence-corrected chi connectivity index (χ2v) is 4.86. The van der Waals surface area contributed by atoms with Gasteiger partial charge in [0.25, 0.3) is 0 Å². The standard InChI is InChI=1S/C16H23NO/c1-2-16(13-17-15-10-11-15)18-12-6-9-14-7-4-3-5-8-14/h3-9,15-17H,2,10-13H2,1H3. The molecule has 1 aliphatic rings. The van der Waals surface area contributed by atoms with Crippen LogP contribution in [0.1, 0.15) is 31.7 Å². The van der Waals surface area contributed by atoms with Crippen molar-refractivity contribution in [2.24, 2.45) is 0 Å². The van der Waals surface area contributed by atoms with E-state index < -0.39 is 0 Å². The average Bonchev–Trinajstić information content (AvgIpc) is 3.23. The third kappa shape index (κ3) is 5.03. The first-order valence-electron chi connectivity index (χ1n) is 6.95. The number of hydrogen-bond acceptors (Lipinski definition) is 2. The molecule has 18 heavy (non-hydrogen) atoms. The van der Waals surface area contributed by atoms with Crippen molar-refractivity contribution in [3.05, 3.63) is 42.0 Å². The minimum atomic E-state index is 0.339. The van der Waals surface area contributed by atoms with Gasteiger partial charge in [-0.3, -0.25) is 0 Å². The van der Waals surface area contributed by atoms with E-state index in [9.17, 15) is 0 Å². The lowest BCUT2D eigenvalue weighted by Crippen LogP contribution is -2.30. The Balaban J connectivity index is 1.64. The Morgan fingerprint density at radius 1 is 1.33 bits per heavy atom. The van der Waals surface area contributed by atoms with Gasteiger partial charge in [0.15, 0.2) is 0 Å². The minimum Gasteiger partial charge on any atom is -0.373 e. The zero-order valence-electron chi connectivity index (χ0n) is 11.1. The van der Waals surface area contributed by atoms with Crippen molar-refractivity contribution in [3.8, 4) is 0 Å². The van der Waals surface area contributed by atoms with Crippen LogP contribution in [0.5, 0.6) is 0 Å². The van der Waals surface area contributed by atoms with Crippen molar-refractivity contribution in [2.75, 3.05) is 13.2 Å². The van der Waals surface area contributed by atoms with Crippen LogP contribution in [0.2, 0.25) is 0 Å². The first-order valence-corrected chi connectivity index (χ1v) is 6.95. The molecule has 0 aromatic heterocycles. The summed E-state index contributed by atoms with van der Waals surface area (Å²) in [7, 11) is 0. The van der Waals surface area contributed by atoms with Crippen LogP contribution < -0.4 is 5.32 Å². The zero-order chi connectivity index (χ0) is 12.6. The Morgan fingerprint density at radius 2 is 2.11 bits per heavy atom. The summed E-state index contributed by atoms with van der Waals surface area (Å²) in [5.41, 5.74) is 1.23. The van der Waals surface area contributed by atoms with E-state index in [4.69, 9.17) is 4.74 Å². The summed E-state index contributed by atoms with van der Waals surface area (Å²) >= 11 is 0. The summed E-state index contributed by atoms with van der Waals surface area (Å²) in [6, 6.07) is 11.1. The molecule has 2 rings (SSSR count). The lowest BCUT2D eigenvalue weighted by molar-refractivity contribution is 0.0712. The minimum absolute atomic E-state index is 0.339. The number of rotatable bonds is 8. The van der Waals surface area contributed by atoms with Crippen molar-refractivity contribution in [3.63, 3.8) is 0 Å². The highest BCUT2D eigenvalue weighted by molar-refractivity contribution is 5.48. The molecule has 0 saturated heterocycles. The maximum absolute atomic E-state index is 5.84.